The first-order valence-corrected chi connectivity index (χ1v) is 13.6. The first-order valence-electron chi connectivity index (χ1n) is 13.6. The summed E-state index contributed by atoms with van der Waals surface area (Å²) in [6.45, 7) is 4.18. The van der Waals surface area contributed by atoms with E-state index in [-0.39, 0.29) is 5.78 Å². The van der Waals surface area contributed by atoms with E-state index in [9.17, 15) is 18.0 Å². The number of hydrogen-bond donors (Lipinski definition) is 0. The molecule has 0 N–H and O–H groups in total. The Hall–Kier alpha value is -3.34. The maximum absolute atomic E-state index is 13.6. The molecule has 0 amide bonds. The fourth-order valence-corrected chi connectivity index (χ4v) is 5.31. The summed E-state index contributed by atoms with van der Waals surface area (Å²) in [5.74, 6) is -1.79. The van der Waals surface area contributed by atoms with Crippen molar-refractivity contribution in [1.29, 1.82) is 0 Å². The van der Waals surface area contributed by atoms with Crippen molar-refractivity contribution in [2.24, 2.45) is 0 Å². The minimum absolute atomic E-state index is 0.115. The van der Waals surface area contributed by atoms with Gasteiger partial charge in [-0.1, -0.05) is 55.8 Å². The molecule has 0 atom stereocenters. The SMILES string of the molecule is C=CC(=O)CCCCCCOc1ccc(C2CCC(c3ccc(-c4cc(F)c(F)c(F)c4)cc3)CC2)cc1. The van der Waals surface area contributed by atoms with Gasteiger partial charge in [-0.25, -0.2) is 13.2 Å². The first kappa shape index (κ1) is 27.7. The van der Waals surface area contributed by atoms with E-state index in [0.717, 1.165) is 69.2 Å². The van der Waals surface area contributed by atoms with Crippen LogP contribution >= 0.6 is 0 Å². The second-order valence-electron chi connectivity index (χ2n) is 10.2. The molecule has 0 aliphatic heterocycles. The standard InChI is InChI=1S/C33H35F3O2/c1-2-29(37)7-5-3-4-6-20-38-30-18-16-26(17-19-30)25-10-8-23(9-11-25)24-12-14-27(15-13-24)28-21-31(34)33(36)32(35)22-28/h2,12-19,21-23,25H,1,3-11,20H2. The van der Waals surface area contributed by atoms with Crippen molar-refractivity contribution in [2.75, 3.05) is 6.61 Å². The van der Waals surface area contributed by atoms with Crippen molar-refractivity contribution in [2.45, 2.75) is 69.6 Å². The van der Waals surface area contributed by atoms with Crippen LogP contribution in [0.25, 0.3) is 11.1 Å². The lowest BCUT2D eigenvalue weighted by Gasteiger charge is -2.29. The predicted octanol–water partition coefficient (Wildman–Crippen LogP) is 9.30. The Morgan fingerprint density at radius 1 is 0.763 bits per heavy atom. The molecule has 1 saturated carbocycles. The topological polar surface area (TPSA) is 26.3 Å². The fraction of sp³-hybridized carbons (Fsp3) is 0.364. The molecule has 3 aromatic rings. The van der Waals surface area contributed by atoms with Gasteiger partial charge in [-0.2, -0.15) is 0 Å². The number of carbonyl (C=O) groups excluding carboxylic acids is 1. The van der Waals surface area contributed by atoms with Crippen molar-refractivity contribution >= 4 is 5.78 Å². The van der Waals surface area contributed by atoms with Crippen LogP contribution < -0.4 is 4.74 Å². The Kier molecular flexibility index (Phi) is 9.80. The van der Waals surface area contributed by atoms with E-state index in [4.69, 9.17) is 4.74 Å². The maximum Gasteiger partial charge on any atom is 0.194 e. The largest absolute Gasteiger partial charge is 0.494 e. The van der Waals surface area contributed by atoms with E-state index < -0.39 is 17.5 Å². The third-order valence-electron chi connectivity index (χ3n) is 7.59. The summed E-state index contributed by atoms with van der Waals surface area (Å²) in [7, 11) is 0. The van der Waals surface area contributed by atoms with Crippen LogP contribution in [-0.2, 0) is 4.79 Å². The van der Waals surface area contributed by atoms with Gasteiger partial charge in [0.15, 0.2) is 23.2 Å². The van der Waals surface area contributed by atoms with Crippen LogP contribution in [-0.4, -0.2) is 12.4 Å². The second-order valence-corrected chi connectivity index (χ2v) is 10.2. The first-order chi connectivity index (χ1) is 18.4. The Balaban J connectivity index is 1.21. The summed E-state index contributed by atoms with van der Waals surface area (Å²) >= 11 is 0. The number of unbranched alkanes of at least 4 members (excludes halogenated alkanes) is 3. The van der Waals surface area contributed by atoms with Gasteiger partial charge >= 0.3 is 0 Å². The van der Waals surface area contributed by atoms with Gasteiger partial charge in [-0.3, -0.25) is 4.79 Å². The molecule has 3 aromatic carbocycles. The number of allylic oxidation sites excluding steroid dienone is 1. The highest BCUT2D eigenvalue weighted by atomic mass is 19.2. The summed E-state index contributed by atoms with van der Waals surface area (Å²) in [6.07, 6.45) is 10.3. The molecule has 38 heavy (non-hydrogen) atoms. The molecule has 4 rings (SSSR count). The Morgan fingerprint density at radius 3 is 1.84 bits per heavy atom. The van der Waals surface area contributed by atoms with Crippen LogP contribution in [0.3, 0.4) is 0 Å². The summed E-state index contributed by atoms with van der Waals surface area (Å²) in [5.41, 5.74) is 3.58. The minimum atomic E-state index is -1.44. The highest BCUT2D eigenvalue weighted by Gasteiger charge is 2.23. The van der Waals surface area contributed by atoms with E-state index in [1.54, 1.807) is 0 Å². The van der Waals surface area contributed by atoms with Crippen LogP contribution in [0.15, 0.2) is 73.3 Å². The number of ketones is 1. The van der Waals surface area contributed by atoms with Crippen molar-refractivity contribution in [3.8, 4) is 16.9 Å². The number of benzene rings is 3. The molecule has 1 aliphatic rings. The summed E-state index contributed by atoms with van der Waals surface area (Å²) in [4.78, 5) is 11.2. The molecule has 200 valence electrons. The molecule has 0 aromatic heterocycles. The fourth-order valence-electron chi connectivity index (χ4n) is 5.31. The van der Waals surface area contributed by atoms with E-state index in [2.05, 4.69) is 30.8 Å². The van der Waals surface area contributed by atoms with Crippen LogP contribution in [0, 0.1) is 17.5 Å². The molecular weight excluding hydrogens is 485 g/mol. The third kappa shape index (κ3) is 7.37. The lowest BCUT2D eigenvalue weighted by molar-refractivity contribution is -0.114. The summed E-state index contributed by atoms with van der Waals surface area (Å²) in [5, 5.41) is 0. The van der Waals surface area contributed by atoms with Gasteiger partial charge in [0.05, 0.1) is 6.61 Å². The minimum Gasteiger partial charge on any atom is -0.494 e. The highest BCUT2D eigenvalue weighted by Crippen LogP contribution is 2.41. The monoisotopic (exact) mass is 520 g/mol. The number of ether oxygens (including phenoxy) is 1. The zero-order chi connectivity index (χ0) is 26.9. The van der Waals surface area contributed by atoms with Crippen molar-refractivity contribution in [3.05, 3.63) is 102 Å². The molecule has 1 aliphatic carbocycles. The van der Waals surface area contributed by atoms with Crippen LogP contribution in [0.1, 0.15) is 80.8 Å². The van der Waals surface area contributed by atoms with Gasteiger partial charge in [0.1, 0.15) is 5.75 Å². The Bertz CT molecular complexity index is 1190. The zero-order valence-corrected chi connectivity index (χ0v) is 21.7. The number of halogens is 3. The third-order valence-corrected chi connectivity index (χ3v) is 7.59. The van der Waals surface area contributed by atoms with Gasteiger partial charge in [0.2, 0.25) is 0 Å². The quantitative estimate of drug-likeness (QED) is 0.135. The number of carbonyl (C=O) groups is 1. The molecule has 0 heterocycles. The molecule has 1 fully saturated rings. The van der Waals surface area contributed by atoms with Crippen LogP contribution in [0.2, 0.25) is 0 Å². The molecule has 5 heteroatoms. The van der Waals surface area contributed by atoms with Crippen LogP contribution in [0.4, 0.5) is 13.2 Å². The highest BCUT2D eigenvalue weighted by molar-refractivity contribution is 5.88. The molecule has 2 nitrogen and oxygen atoms in total. The molecular formula is C33H35F3O2. The van der Waals surface area contributed by atoms with Crippen molar-refractivity contribution in [1.82, 2.24) is 0 Å². The van der Waals surface area contributed by atoms with Gasteiger partial charge < -0.3 is 4.74 Å². The number of rotatable bonds is 12. The molecule has 0 radical (unpaired) electrons. The van der Waals surface area contributed by atoms with Gasteiger partial charge in [-0.15, -0.1) is 0 Å². The van der Waals surface area contributed by atoms with Crippen molar-refractivity contribution in [3.63, 3.8) is 0 Å². The average molecular weight is 521 g/mol. The molecule has 0 bridgehead atoms. The smallest absolute Gasteiger partial charge is 0.194 e. The lowest BCUT2D eigenvalue weighted by Crippen LogP contribution is -2.12. The lowest BCUT2D eigenvalue weighted by atomic mass is 9.76. The number of hydrogen-bond acceptors (Lipinski definition) is 2. The van der Waals surface area contributed by atoms with Crippen molar-refractivity contribution < 1.29 is 22.7 Å². The molecule has 0 spiro atoms. The van der Waals surface area contributed by atoms with Gasteiger partial charge in [0, 0.05) is 6.42 Å². The summed E-state index contributed by atoms with van der Waals surface area (Å²) in [6, 6.07) is 18.3. The predicted molar refractivity (Wildman–Crippen MR) is 146 cm³/mol. The normalized spacial score (nSPS) is 17.2. The van der Waals surface area contributed by atoms with Gasteiger partial charge in [-0.05, 0) is 103 Å². The van der Waals surface area contributed by atoms with Gasteiger partial charge in [0.25, 0.3) is 0 Å². The maximum atomic E-state index is 13.6. The Morgan fingerprint density at radius 2 is 1.29 bits per heavy atom. The van der Waals surface area contributed by atoms with E-state index in [1.165, 1.54) is 17.2 Å². The average Bonchev–Trinajstić information content (AvgIpc) is 2.95. The van der Waals surface area contributed by atoms with E-state index in [0.29, 0.717) is 36.0 Å². The molecule has 0 saturated heterocycles. The van der Waals surface area contributed by atoms with Crippen LogP contribution in [0.5, 0.6) is 5.75 Å². The second kappa shape index (κ2) is 13.5. The van der Waals surface area contributed by atoms with E-state index in [1.807, 2.05) is 24.3 Å². The summed E-state index contributed by atoms with van der Waals surface area (Å²) < 4.78 is 46.4. The Labute approximate surface area is 223 Å². The molecule has 0 unspecified atom stereocenters. The zero-order valence-electron chi connectivity index (χ0n) is 21.7. The van der Waals surface area contributed by atoms with E-state index >= 15 is 0 Å².